The molecule has 0 aliphatic rings. The molecular weight excluding hydrogens is 222 g/mol. The zero-order valence-electron chi connectivity index (χ0n) is 10.4. The van der Waals surface area contributed by atoms with E-state index in [-0.39, 0.29) is 17.9 Å². The first-order valence-corrected chi connectivity index (χ1v) is 5.32. The Bertz CT molecular complexity index is 387. The van der Waals surface area contributed by atoms with Gasteiger partial charge in [0.15, 0.2) is 5.76 Å². The molecule has 0 radical (unpaired) electrons. The van der Waals surface area contributed by atoms with Crippen molar-refractivity contribution in [1.29, 1.82) is 0 Å². The number of likely N-dealkylation sites (N-methyl/N-ethyl adjacent to an activating group) is 1. The van der Waals surface area contributed by atoms with Crippen molar-refractivity contribution in [2.45, 2.75) is 25.9 Å². The van der Waals surface area contributed by atoms with Gasteiger partial charge in [-0.3, -0.25) is 15.1 Å². The van der Waals surface area contributed by atoms with Gasteiger partial charge in [-0.2, -0.15) is 0 Å². The van der Waals surface area contributed by atoms with Gasteiger partial charge in [0, 0.05) is 5.54 Å². The number of rotatable bonds is 5. The second-order valence-corrected chi connectivity index (χ2v) is 4.57. The Kier molecular flexibility index (Phi) is 4.28. The monoisotopic (exact) mass is 241 g/mol. The van der Waals surface area contributed by atoms with Gasteiger partial charge in [0.05, 0.1) is 13.2 Å². The van der Waals surface area contributed by atoms with E-state index < -0.39 is 5.91 Å². The van der Waals surface area contributed by atoms with Crippen LogP contribution in [0.4, 0.5) is 0 Å². The molecule has 6 heteroatoms. The fourth-order valence-corrected chi connectivity index (χ4v) is 1.22. The van der Waals surface area contributed by atoms with Crippen LogP contribution in [0.15, 0.2) is 16.5 Å². The van der Waals surface area contributed by atoms with Gasteiger partial charge in [0.2, 0.25) is 0 Å². The second kappa shape index (κ2) is 5.31. The Hall–Kier alpha value is -1.37. The van der Waals surface area contributed by atoms with E-state index in [1.807, 2.05) is 31.2 Å². The molecular formula is C11H19N3O3. The summed E-state index contributed by atoms with van der Waals surface area (Å²) in [6.45, 7) is 4.39. The quantitative estimate of drug-likeness (QED) is 0.386. The molecule has 96 valence electrons. The lowest BCUT2D eigenvalue weighted by atomic mass is 10.1. The standard InChI is InChI=1S/C11H19N3O3/c1-11(2,7-15)14(3)6-8-4-5-9(17-8)10(16)13-12/h4-5,15H,6-7,12H2,1-3H3,(H,13,16). The molecule has 0 atom stereocenters. The van der Waals surface area contributed by atoms with Crippen LogP contribution in [0.3, 0.4) is 0 Å². The van der Waals surface area contributed by atoms with Crippen LogP contribution >= 0.6 is 0 Å². The predicted octanol–water partition coefficient (Wildman–Crippen LogP) is 0.0858. The highest BCUT2D eigenvalue weighted by molar-refractivity contribution is 5.90. The number of nitrogens with zero attached hydrogens (tertiary/aromatic N) is 1. The molecule has 6 nitrogen and oxygen atoms in total. The molecule has 0 saturated carbocycles. The van der Waals surface area contributed by atoms with Gasteiger partial charge in [-0.05, 0) is 33.0 Å². The number of hydrogen-bond donors (Lipinski definition) is 3. The topological polar surface area (TPSA) is 91.7 Å². The zero-order chi connectivity index (χ0) is 13.1. The van der Waals surface area contributed by atoms with Crippen LogP contribution in [0.1, 0.15) is 30.2 Å². The third kappa shape index (κ3) is 3.29. The van der Waals surface area contributed by atoms with Crippen molar-refractivity contribution in [1.82, 2.24) is 10.3 Å². The fraction of sp³-hybridized carbons (Fsp3) is 0.545. The van der Waals surface area contributed by atoms with Crippen molar-refractivity contribution in [2.24, 2.45) is 5.84 Å². The predicted molar refractivity (Wildman–Crippen MR) is 63.0 cm³/mol. The second-order valence-electron chi connectivity index (χ2n) is 4.57. The lowest BCUT2D eigenvalue weighted by Gasteiger charge is -2.33. The van der Waals surface area contributed by atoms with Crippen LogP contribution in [-0.4, -0.2) is 35.1 Å². The highest BCUT2D eigenvalue weighted by Crippen LogP contribution is 2.16. The Morgan fingerprint density at radius 2 is 2.24 bits per heavy atom. The third-order valence-electron chi connectivity index (χ3n) is 2.83. The maximum Gasteiger partial charge on any atom is 0.300 e. The van der Waals surface area contributed by atoms with E-state index in [1.165, 1.54) is 0 Å². The number of nitrogen functional groups attached to an aromatic ring is 1. The Morgan fingerprint density at radius 1 is 1.59 bits per heavy atom. The number of hydrazine groups is 1. The van der Waals surface area contributed by atoms with Crippen LogP contribution in [0.5, 0.6) is 0 Å². The molecule has 0 aliphatic carbocycles. The SMILES string of the molecule is CN(Cc1ccc(C(=O)NN)o1)C(C)(C)CO. The summed E-state index contributed by atoms with van der Waals surface area (Å²) in [7, 11) is 1.88. The maximum absolute atomic E-state index is 11.2. The first kappa shape index (κ1) is 13.7. The highest BCUT2D eigenvalue weighted by Gasteiger charge is 2.23. The molecule has 1 heterocycles. The van der Waals surface area contributed by atoms with E-state index in [0.717, 1.165) is 0 Å². The average Bonchev–Trinajstić information content (AvgIpc) is 2.76. The van der Waals surface area contributed by atoms with E-state index >= 15 is 0 Å². The van der Waals surface area contributed by atoms with E-state index in [0.29, 0.717) is 12.3 Å². The maximum atomic E-state index is 11.2. The van der Waals surface area contributed by atoms with E-state index in [1.54, 1.807) is 12.1 Å². The summed E-state index contributed by atoms with van der Waals surface area (Å²) >= 11 is 0. The van der Waals surface area contributed by atoms with Crippen molar-refractivity contribution in [3.8, 4) is 0 Å². The Labute approximate surface area is 100 Å². The number of furan rings is 1. The van der Waals surface area contributed by atoms with Crippen LogP contribution in [-0.2, 0) is 6.54 Å². The van der Waals surface area contributed by atoms with Gasteiger partial charge in [0.25, 0.3) is 0 Å². The summed E-state index contributed by atoms with van der Waals surface area (Å²) in [5.41, 5.74) is 1.66. The number of carbonyl (C=O) groups excluding carboxylic acids is 1. The Morgan fingerprint density at radius 3 is 2.76 bits per heavy atom. The summed E-state index contributed by atoms with van der Waals surface area (Å²) in [4.78, 5) is 13.1. The molecule has 0 aliphatic heterocycles. The van der Waals surface area contributed by atoms with Gasteiger partial charge in [-0.15, -0.1) is 0 Å². The number of amides is 1. The van der Waals surface area contributed by atoms with Gasteiger partial charge >= 0.3 is 5.91 Å². The molecule has 1 rings (SSSR count). The van der Waals surface area contributed by atoms with Crippen LogP contribution < -0.4 is 11.3 Å². The minimum absolute atomic E-state index is 0.0420. The molecule has 0 unspecified atom stereocenters. The molecule has 17 heavy (non-hydrogen) atoms. The minimum atomic E-state index is -0.458. The number of nitrogens with one attached hydrogen (secondary N) is 1. The molecule has 0 aromatic carbocycles. The number of aliphatic hydroxyl groups is 1. The molecule has 1 aromatic heterocycles. The normalized spacial score (nSPS) is 11.9. The third-order valence-corrected chi connectivity index (χ3v) is 2.83. The molecule has 4 N–H and O–H groups in total. The number of aliphatic hydroxyl groups excluding tert-OH is 1. The van der Waals surface area contributed by atoms with Crippen molar-refractivity contribution in [3.63, 3.8) is 0 Å². The summed E-state index contributed by atoms with van der Waals surface area (Å²) in [6.07, 6.45) is 0. The minimum Gasteiger partial charge on any atom is -0.455 e. The lowest BCUT2D eigenvalue weighted by molar-refractivity contribution is 0.0674. The van der Waals surface area contributed by atoms with Crippen LogP contribution in [0.25, 0.3) is 0 Å². The smallest absolute Gasteiger partial charge is 0.300 e. The summed E-state index contributed by atoms with van der Waals surface area (Å²) in [5, 5.41) is 9.22. The van der Waals surface area contributed by atoms with Crippen molar-refractivity contribution < 1.29 is 14.3 Å². The van der Waals surface area contributed by atoms with E-state index in [9.17, 15) is 9.90 Å². The lowest BCUT2D eigenvalue weighted by Crippen LogP contribution is -2.43. The van der Waals surface area contributed by atoms with Crippen molar-refractivity contribution in [2.75, 3.05) is 13.7 Å². The van der Waals surface area contributed by atoms with E-state index in [4.69, 9.17) is 10.3 Å². The highest BCUT2D eigenvalue weighted by atomic mass is 16.4. The first-order chi connectivity index (χ1) is 7.90. The number of hydrogen-bond acceptors (Lipinski definition) is 5. The number of nitrogens with two attached hydrogens (primary N) is 1. The van der Waals surface area contributed by atoms with Gasteiger partial charge in [-0.25, -0.2) is 5.84 Å². The molecule has 0 spiro atoms. The first-order valence-electron chi connectivity index (χ1n) is 5.32. The van der Waals surface area contributed by atoms with Crippen molar-refractivity contribution in [3.05, 3.63) is 23.7 Å². The van der Waals surface area contributed by atoms with Gasteiger partial charge in [-0.1, -0.05) is 0 Å². The van der Waals surface area contributed by atoms with Crippen molar-refractivity contribution >= 4 is 5.91 Å². The average molecular weight is 241 g/mol. The van der Waals surface area contributed by atoms with E-state index in [2.05, 4.69) is 0 Å². The molecule has 0 saturated heterocycles. The van der Waals surface area contributed by atoms with Gasteiger partial charge in [0.1, 0.15) is 5.76 Å². The molecule has 0 bridgehead atoms. The summed E-state index contributed by atoms with van der Waals surface area (Å²) < 4.78 is 5.33. The van der Waals surface area contributed by atoms with Crippen LogP contribution in [0, 0.1) is 0 Å². The Balaban J connectivity index is 2.70. The van der Waals surface area contributed by atoms with Crippen LogP contribution in [0.2, 0.25) is 0 Å². The summed E-state index contributed by atoms with van der Waals surface area (Å²) in [6, 6.07) is 3.28. The summed E-state index contributed by atoms with van der Waals surface area (Å²) in [5.74, 6) is 5.37. The van der Waals surface area contributed by atoms with Gasteiger partial charge < -0.3 is 9.52 Å². The molecule has 1 aromatic rings. The number of carbonyl (C=O) groups is 1. The fourth-order valence-electron chi connectivity index (χ4n) is 1.22. The molecule has 1 amide bonds. The zero-order valence-corrected chi connectivity index (χ0v) is 10.4. The molecule has 0 fully saturated rings. The largest absolute Gasteiger partial charge is 0.455 e.